The average Bonchev–Trinajstić information content (AvgIpc) is 3.32. The van der Waals surface area contributed by atoms with Gasteiger partial charge in [-0.1, -0.05) is 24.6 Å². The van der Waals surface area contributed by atoms with Gasteiger partial charge < -0.3 is 10.5 Å². The lowest BCUT2D eigenvalue weighted by Gasteiger charge is -2.34. The molecule has 0 amide bonds. The molecule has 5 rings (SSSR count). The van der Waals surface area contributed by atoms with Gasteiger partial charge in [0.05, 0.1) is 18.9 Å². The number of hydrogen-bond donors (Lipinski definition) is 1. The van der Waals surface area contributed by atoms with Crippen molar-refractivity contribution < 1.29 is 9.13 Å². The molecule has 1 aromatic carbocycles. The molecule has 5 atom stereocenters. The first kappa shape index (κ1) is 23.7. The first-order valence-electron chi connectivity index (χ1n) is 12.6. The number of nitrogens with zero attached hydrogens (tertiary/aromatic N) is 2. The number of aryl methyl sites for hydroxylation is 1. The number of nitrogens with two attached hydrogens (primary N) is 1. The van der Waals surface area contributed by atoms with Gasteiger partial charge in [-0.2, -0.15) is 0 Å². The summed E-state index contributed by atoms with van der Waals surface area (Å²) in [5, 5.41) is 0. The third kappa shape index (κ3) is 4.87. The second kappa shape index (κ2) is 9.90. The number of ether oxygens (including phenoxy) is 1. The van der Waals surface area contributed by atoms with Crippen molar-refractivity contribution in [1.29, 1.82) is 0 Å². The van der Waals surface area contributed by atoms with Crippen molar-refractivity contribution in [2.45, 2.75) is 57.5 Å². The molecule has 1 saturated carbocycles. The Morgan fingerprint density at radius 2 is 2.06 bits per heavy atom. The molecule has 1 aromatic heterocycles. The first-order chi connectivity index (χ1) is 16.9. The molecule has 0 saturated heterocycles. The maximum atomic E-state index is 14.3. The van der Waals surface area contributed by atoms with E-state index in [9.17, 15) is 4.39 Å². The van der Waals surface area contributed by atoms with Crippen molar-refractivity contribution in [2.24, 2.45) is 22.6 Å². The van der Waals surface area contributed by atoms with Gasteiger partial charge in [-0.15, -0.1) is 0 Å². The van der Waals surface area contributed by atoms with Gasteiger partial charge in [-0.3, -0.25) is 9.98 Å². The molecule has 5 unspecified atom stereocenters. The van der Waals surface area contributed by atoms with Crippen LogP contribution in [0.1, 0.15) is 55.2 Å². The SMILES string of the molecule is COC1=CC(c2cc(C)cc(F)c2)C=C2C(=NC3CCCC3C(C)N)C=C(c3cccnc3)CC12. The quantitative estimate of drug-likeness (QED) is 0.569. The summed E-state index contributed by atoms with van der Waals surface area (Å²) in [6, 6.07) is 9.63. The molecule has 1 heterocycles. The highest BCUT2D eigenvalue weighted by atomic mass is 19.1. The Bertz CT molecular complexity index is 1190. The minimum atomic E-state index is -0.213. The lowest BCUT2D eigenvalue weighted by Crippen LogP contribution is -2.32. The van der Waals surface area contributed by atoms with Crippen LogP contribution in [0.25, 0.3) is 5.57 Å². The van der Waals surface area contributed by atoms with Gasteiger partial charge in [0.1, 0.15) is 11.6 Å². The summed E-state index contributed by atoms with van der Waals surface area (Å²) in [5.74, 6) is 1.08. The topological polar surface area (TPSA) is 60.5 Å². The van der Waals surface area contributed by atoms with E-state index in [2.05, 4.69) is 42.3 Å². The molecule has 1 fully saturated rings. The maximum absolute atomic E-state index is 14.3. The smallest absolute Gasteiger partial charge is 0.123 e. The van der Waals surface area contributed by atoms with E-state index in [-0.39, 0.29) is 29.7 Å². The molecule has 2 N–H and O–H groups in total. The maximum Gasteiger partial charge on any atom is 0.123 e. The number of pyridine rings is 1. The van der Waals surface area contributed by atoms with E-state index in [1.807, 2.05) is 19.2 Å². The minimum Gasteiger partial charge on any atom is -0.501 e. The van der Waals surface area contributed by atoms with Crippen LogP contribution in [0.4, 0.5) is 4.39 Å². The summed E-state index contributed by atoms with van der Waals surface area (Å²) in [6.07, 6.45) is 14.5. The van der Waals surface area contributed by atoms with E-state index in [0.717, 1.165) is 53.8 Å². The van der Waals surface area contributed by atoms with Crippen molar-refractivity contribution in [2.75, 3.05) is 7.11 Å². The predicted molar refractivity (Wildman–Crippen MR) is 140 cm³/mol. The lowest BCUT2D eigenvalue weighted by atomic mass is 9.74. The Hall–Kier alpha value is -3.05. The Balaban J connectivity index is 1.62. The second-order valence-corrected chi connectivity index (χ2v) is 10.2. The minimum absolute atomic E-state index is 0.0695. The van der Waals surface area contributed by atoms with Crippen LogP contribution in [-0.4, -0.2) is 29.9 Å². The second-order valence-electron chi connectivity index (χ2n) is 10.2. The molecule has 0 spiro atoms. The number of aromatic nitrogens is 1. The molecule has 0 aliphatic heterocycles. The molecule has 3 aliphatic rings. The number of fused-ring (bicyclic) bond motifs is 1. The van der Waals surface area contributed by atoms with Crippen molar-refractivity contribution in [3.8, 4) is 0 Å². The molecule has 35 heavy (non-hydrogen) atoms. The average molecular weight is 472 g/mol. The zero-order valence-corrected chi connectivity index (χ0v) is 20.7. The zero-order valence-electron chi connectivity index (χ0n) is 20.7. The van der Waals surface area contributed by atoms with Gasteiger partial charge in [0.15, 0.2) is 0 Å². The van der Waals surface area contributed by atoms with Crippen LogP contribution in [0, 0.1) is 24.6 Å². The molecule has 0 bridgehead atoms. The van der Waals surface area contributed by atoms with Gasteiger partial charge in [-0.05, 0) is 97.2 Å². The fraction of sp³-hybridized carbons (Fsp3) is 0.400. The van der Waals surface area contributed by atoms with E-state index in [4.69, 9.17) is 15.5 Å². The fourth-order valence-corrected chi connectivity index (χ4v) is 5.95. The Morgan fingerprint density at radius 1 is 1.20 bits per heavy atom. The highest BCUT2D eigenvalue weighted by molar-refractivity contribution is 6.14. The Labute approximate surface area is 207 Å². The largest absolute Gasteiger partial charge is 0.501 e. The van der Waals surface area contributed by atoms with E-state index >= 15 is 0 Å². The third-order valence-electron chi connectivity index (χ3n) is 7.68. The van der Waals surface area contributed by atoms with Crippen molar-refractivity contribution in [1.82, 2.24) is 4.98 Å². The zero-order chi connectivity index (χ0) is 24.5. The lowest BCUT2D eigenvalue weighted by molar-refractivity contribution is 0.251. The monoisotopic (exact) mass is 471 g/mol. The molecule has 5 heteroatoms. The number of allylic oxidation sites excluding steroid dienone is 5. The predicted octanol–water partition coefficient (Wildman–Crippen LogP) is 6.14. The van der Waals surface area contributed by atoms with Crippen molar-refractivity contribution in [3.05, 3.63) is 94.8 Å². The van der Waals surface area contributed by atoms with Gasteiger partial charge in [0.2, 0.25) is 0 Å². The molecule has 182 valence electrons. The summed E-state index contributed by atoms with van der Waals surface area (Å²) in [4.78, 5) is 9.69. The summed E-state index contributed by atoms with van der Waals surface area (Å²) in [6.45, 7) is 4.02. The normalized spacial score (nSPS) is 28.1. The molecule has 0 radical (unpaired) electrons. The van der Waals surface area contributed by atoms with Crippen LogP contribution in [0.15, 0.2) is 77.3 Å². The fourth-order valence-electron chi connectivity index (χ4n) is 5.95. The Kier molecular flexibility index (Phi) is 6.70. The number of hydrogen-bond acceptors (Lipinski definition) is 4. The molecular weight excluding hydrogens is 437 g/mol. The highest BCUT2D eigenvalue weighted by Crippen LogP contribution is 2.44. The molecule has 3 aliphatic carbocycles. The standard InChI is InChI=1S/C30H34FN3O/c1-18-10-21(12-24(31)11-18)23-13-26-27(30(16-23)35-3)14-22(20-6-5-9-33-17-20)15-29(26)34-28-8-4-7-25(28)19(2)32/h5-6,9-13,15-17,19,23,25,27-28H,4,7-8,14,32H2,1-3H3. The molecule has 2 aromatic rings. The van der Waals surface area contributed by atoms with Crippen LogP contribution in [-0.2, 0) is 4.74 Å². The van der Waals surface area contributed by atoms with E-state index in [1.54, 1.807) is 25.4 Å². The highest BCUT2D eigenvalue weighted by Gasteiger charge is 2.36. The van der Waals surface area contributed by atoms with Crippen LogP contribution in [0.3, 0.4) is 0 Å². The summed E-state index contributed by atoms with van der Waals surface area (Å²) in [7, 11) is 1.73. The van der Waals surface area contributed by atoms with E-state index < -0.39 is 0 Å². The van der Waals surface area contributed by atoms with Gasteiger partial charge in [0.25, 0.3) is 0 Å². The summed E-state index contributed by atoms with van der Waals surface area (Å²) >= 11 is 0. The van der Waals surface area contributed by atoms with Crippen LogP contribution in [0.2, 0.25) is 0 Å². The number of benzene rings is 1. The van der Waals surface area contributed by atoms with E-state index in [0.29, 0.717) is 5.92 Å². The van der Waals surface area contributed by atoms with Crippen LogP contribution >= 0.6 is 0 Å². The number of methoxy groups -OCH3 is 1. The van der Waals surface area contributed by atoms with Gasteiger partial charge in [-0.25, -0.2) is 4.39 Å². The summed E-state index contributed by atoms with van der Waals surface area (Å²) < 4.78 is 20.2. The molecule has 4 nitrogen and oxygen atoms in total. The van der Waals surface area contributed by atoms with Crippen LogP contribution < -0.4 is 5.73 Å². The summed E-state index contributed by atoms with van der Waals surface area (Å²) in [5.41, 5.74) is 12.7. The van der Waals surface area contributed by atoms with Gasteiger partial charge in [0, 0.05) is 30.3 Å². The van der Waals surface area contributed by atoms with Gasteiger partial charge >= 0.3 is 0 Å². The first-order valence-corrected chi connectivity index (χ1v) is 12.6. The van der Waals surface area contributed by atoms with Crippen molar-refractivity contribution in [3.63, 3.8) is 0 Å². The number of aliphatic imine (C=N–C) groups is 1. The number of halogens is 1. The van der Waals surface area contributed by atoms with E-state index in [1.165, 1.54) is 11.1 Å². The van der Waals surface area contributed by atoms with Crippen molar-refractivity contribution >= 4 is 11.3 Å². The number of rotatable bonds is 5. The molecular formula is C30H34FN3O. The Morgan fingerprint density at radius 3 is 2.77 bits per heavy atom. The third-order valence-corrected chi connectivity index (χ3v) is 7.68. The van der Waals surface area contributed by atoms with Crippen LogP contribution in [0.5, 0.6) is 0 Å².